The summed E-state index contributed by atoms with van der Waals surface area (Å²) in [4.78, 5) is 2.46. The third-order valence-electron chi connectivity index (χ3n) is 5.61. The van der Waals surface area contributed by atoms with Crippen molar-refractivity contribution in [2.75, 3.05) is 6.54 Å². The van der Waals surface area contributed by atoms with Crippen LogP contribution in [-0.2, 0) is 38.9 Å². The van der Waals surface area contributed by atoms with E-state index in [4.69, 9.17) is 5.10 Å². The van der Waals surface area contributed by atoms with Crippen LogP contribution in [0.1, 0.15) is 41.9 Å². The van der Waals surface area contributed by atoms with Crippen molar-refractivity contribution < 1.29 is 0 Å². The number of fused-ring (bicyclic) bond motifs is 2. The Balaban J connectivity index is 1.42. The Morgan fingerprint density at radius 2 is 1.92 bits per heavy atom. The lowest BCUT2D eigenvalue weighted by Crippen LogP contribution is -2.34. The van der Waals surface area contributed by atoms with Gasteiger partial charge in [0, 0.05) is 31.7 Å². The maximum absolute atomic E-state index is 5.01. The average molecular weight is 348 g/mol. The van der Waals surface area contributed by atoms with Gasteiger partial charge in [-0.15, -0.1) is 10.2 Å². The van der Waals surface area contributed by atoms with Gasteiger partial charge in [-0.25, -0.2) is 4.68 Å². The quantitative estimate of drug-likeness (QED) is 0.727. The zero-order chi connectivity index (χ0) is 17.5. The fourth-order valence-corrected chi connectivity index (χ4v) is 4.30. The highest BCUT2D eigenvalue weighted by atomic mass is 15.3. The molecular formula is C20H24N6. The summed E-state index contributed by atoms with van der Waals surface area (Å²) in [5, 5.41) is 13.7. The van der Waals surface area contributed by atoms with Gasteiger partial charge in [0.15, 0.2) is 0 Å². The van der Waals surface area contributed by atoms with Crippen molar-refractivity contribution in [2.24, 2.45) is 0 Å². The molecule has 0 atom stereocenters. The number of aryl methyl sites for hydroxylation is 1. The molecule has 0 saturated heterocycles. The molecule has 2 aliphatic rings. The van der Waals surface area contributed by atoms with Gasteiger partial charge < -0.3 is 4.57 Å². The number of hydrogen-bond donors (Lipinski definition) is 0. The molecule has 0 N–H and O–H groups in total. The summed E-state index contributed by atoms with van der Waals surface area (Å²) < 4.78 is 4.45. The lowest BCUT2D eigenvalue weighted by atomic mass is 10.2. The van der Waals surface area contributed by atoms with Crippen LogP contribution in [0.3, 0.4) is 0 Å². The van der Waals surface area contributed by atoms with Gasteiger partial charge in [-0.2, -0.15) is 5.10 Å². The first-order valence-electron chi connectivity index (χ1n) is 9.62. The van der Waals surface area contributed by atoms with Crippen LogP contribution in [0.2, 0.25) is 0 Å². The smallest absolute Gasteiger partial charge is 0.147 e. The predicted octanol–water partition coefficient (Wildman–Crippen LogP) is 2.53. The zero-order valence-corrected chi connectivity index (χ0v) is 15.2. The highest BCUT2D eigenvalue weighted by Gasteiger charge is 2.26. The van der Waals surface area contributed by atoms with Crippen LogP contribution in [0.25, 0.3) is 5.69 Å². The number of hydrogen-bond acceptors (Lipinski definition) is 4. The molecule has 6 nitrogen and oxygen atoms in total. The van der Waals surface area contributed by atoms with Crippen LogP contribution in [-0.4, -0.2) is 36.0 Å². The molecule has 6 heteroatoms. The molecule has 134 valence electrons. The Morgan fingerprint density at radius 1 is 1.04 bits per heavy atom. The SMILES string of the molecule is CCc1nnc2n1CCN(Cc1nn(-c3ccccc3)c3c1CCC3)C2. The van der Waals surface area contributed by atoms with Crippen molar-refractivity contribution in [1.82, 2.24) is 29.4 Å². The van der Waals surface area contributed by atoms with Crippen molar-refractivity contribution in [3.63, 3.8) is 0 Å². The maximum Gasteiger partial charge on any atom is 0.147 e. The van der Waals surface area contributed by atoms with Gasteiger partial charge in [0.25, 0.3) is 0 Å². The van der Waals surface area contributed by atoms with Gasteiger partial charge in [0.05, 0.1) is 17.9 Å². The first-order chi connectivity index (χ1) is 12.8. The van der Waals surface area contributed by atoms with Crippen LogP contribution in [0.4, 0.5) is 0 Å². The molecule has 1 aromatic carbocycles. The molecule has 0 unspecified atom stereocenters. The van der Waals surface area contributed by atoms with E-state index in [2.05, 4.69) is 61.6 Å². The first-order valence-corrected chi connectivity index (χ1v) is 9.62. The fourth-order valence-electron chi connectivity index (χ4n) is 4.30. The maximum atomic E-state index is 5.01. The van der Waals surface area contributed by atoms with Crippen LogP contribution < -0.4 is 0 Å². The van der Waals surface area contributed by atoms with Crippen LogP contribution >= 0.6 is 0 Å². The van der Waals surface area contributed by atoms with Crippen molar-refractivity contribution in [3.05, 3.63) is 58.9 Å². The van der Waals surface area contributed by atoms with Gasteiger partial charge in [-0.3, -0.25) is 4.90 Å². The monoisotopic (exact) mass is 348 g/mol. The van der Waals surface area contributed by atoms with Gasteiger partial charge in [-0.05, 0) is 37.0 Å². The minimum atomic E-state index is 0.861. The normalized spacial score (nSPS) is 16.7. The molecule has 0 bridgehead atoms. The van der Waals surface area contributed by atoms with E-state index in [1.165, 1.54) is 29.1 Å². The molecule has 1 aliphatic heterocycles. The van der Waals surface area contributed by atoms with Crippen molar-refractivity contribution in [3.8, 4) is 5.69 Å². The summed E-state index contributed by atoms with van der Waals surface area (Å²) in [6.45, 7) is 5.91. The van der Waals surface area contributed by atoms with Crippen molar-refractivity contribution in [2.45, 2.75) is 52.2 Å². The minimum Gasteiger partial charge on any atom is -0.313 e. The Bertz CT molecular complexity index is 923. The van der Waals surface area contributed by atoms with Crippen LogP contribution in [0, 0.1) is 0 Å². The minimum absolute atomic E-state index is 0.861. The van der Waals surface area contributed by atoms with E-state index in [1.54, 1.807) is 0 Å². The summed E-state index contributed by atoms with van der Waals surface area (Å²) in [5.74, 6) is 2.20. The summed E-state index contributed by atoms with van der Waals surface area (Å²) in [6, 6.07) is 10.5. The predicted molar refractivity (Wildman–Crippen MR) is 99.1 cm³/mol. The van der Waals surface area contributed by atoms with E-state index >= 15 is 0 Å². The average Bonchev–Trinajstić information content (AvgIpc) is 3.38. The van der Waals surface area contributed by atoms with E-state index in [9.17, 15) is 0 Å². The lowest BCUT2D eigenvalue weighted by Gasteiger charge is -2.27. The number of aromatic nitrogens is 5. The highest BCUT2D eigenvalue weighted by molar-refractivity contribution is 5.39. The van der Waals surface area contributed by atoms with Gasteiger partial charge >= 0.3 is 0 Å². The molecule has 5 rings (SSSR count). The molecule has 0 fully saturated rings. The molecule has 26 heavy (non-hydrogen) atoms. The standard InChI is InChI=1S/C20H24N6/c1-2-19-21-22-20-14-24(11-12-25(19)20)13-17-16-9-6-10-18(16)26(23-17)15-7-4-3-5-8-15/h3-5,7-8H,2,6,9-14H2,1H3. The second kappa shape index (κ2) is 6.36. The number of para-hydroxylation sites is 1. The molecule has 0 amide bonds. The summed E-state index contributed by atoms with van der Waals surface area (Å²) in [5.41, 5.74) is 5.28. The zero-order valence-electron chi connectivity index (χ0n) is 15.2. The molecular weight excluding hydrogens is 324 g/mol. The third-order valence-corrected chi connectivity index (χ3v) is 5.61. The molecule has 0 spiro atoms. The first kappa shape index (κ1) is 15.8. The van der Waals surface area contributed by atoms with Crippen molar-refractivity contribution in [1.29, 1.82) is 0 Å². The van der Waals surface area contributed by atoms with Gasteiger partial charge in [0.1, 0.15) is 11.6 Å². The summed E-state index contributed by atoms with van der Waals surface area (Å²) in [6.07, 6.45) is 4.47. The molecule has 2 aromatic heterocycles. The summed E-state index contributed by atoms with van der Waals surface area (Å²) >= 11 is 0. The van der Waals surface area contributed by atoms with E-state index in [-0.39, 0.29) is 0 Å². The van der Waals surface area contributed by atoms with Gasteiger partial charge in [0.2, 0.25) is 0 Å². The van der Waals surface area contributed by atoms with Crippen LogP contribution in [0.15, 0.2) is 30.3 Å². The van der Waals surface area contributed by atoms with E-state index < -0.39 is 0 Å². The number of nitrogens with zero attached hydrogens (tertiary/aromatic N) is 6. The molecule has 3 heterocycles. The lowest BCUT2D eigenvalue weighted by molar-refractivity contribution is 0.204. The molecule has 3 aromatic rings. The Hall–Kier alpha value is -2.47. The summed E-state index contributed by atoms with van der Waals surface area (Å²) in [7, 11) is 0. The topological polar surface area (TPSA) is 51.8 Å². The highest BCUT2D eigenvalue weighted by Crippen LogP contribution is 2.29. The van der Waals surface area contributed by atoms with E-state index in [0.717, 1.165) is 57.1 Å². The molecule has 0 saturated carbocycles. The Kier molecular flexibility index (Phi) is 3.85. The van der Waals surface area contributed by atoms with Crippen LogP contribution in [0.5, 0.6) is 0 Å². The molecule has 0 radical (unpaired) electrons. The Morgan fingerprint density at radius 3 is 2.77 bits per heavy atom. The van der Waals surface area contributed by atoms with Crippen molar-refractivity contribution >= 4 is 0 Å². The fraction of sp³-hybridized carbons (Fsp3) is 0.450. The third kappa shape index (κ3) is 2.56. The second-order valence-electron chi connectivity index (χ2n) is 7.22. The number of rotatable bonds is 4. The molecule has 1 aliphatic carbocycles. The largest absolute Gasteiger partial charge is 0.313 e. The Labute approximate surface area is 153 Å². The van der Waals surface area contributed by atoms with E-state index in [1.807, 2.05) is 0 Å². The number of benzene rings is 1. The van der Waals surface area contributed by atoms with E-state index in [0.29, 0.717) is 0 Å². The van der Waals surface area contributed by atoms with Gasteiger partial charge in [-0.1, -0.05) is 25.1 Å². The second-order valence-corrected chi connectivity index (χ2v) is 7.22.